The van der Waals surface area contributed by atoms with Gasteiger partial charge in [-0.2, -0.15) is 0 Å². The van der Waals surface area contributed by atoms with Crippen LogP contribution in [0.5, 0.6) is 5.75 Å². The highest BCUT2D eigenvalue weighted by Crippen LogP contribution is 2.56. The van der Waals surface area contributed by atoms with Gasteiger partial charge in [-0.1, -0.05) is 15.9 Å². The van der Waals surface area contributed by atoms with E-state index in [1.165, 1.54) is 0 Å². The van der Waals surface area contributed by atoms with Gasteiger partial charge in [-0.05, 0) is 43.9 Å². The largest absolute Gasteiger partial charge is 0.496 e. The third-order valence-corrected chi connectivity index (χ3v) is 4.56. The van der Waals surface area contributed by atoms with E-state index >= 15 is 0 Å². The van der Waals surface area contributed by atoms with Gasteiger partial charge in [-0.15, -0.1) is 0 Å². The normalized spacial score (nSPS) is 16.4. The lowest BCUT2D eigenvalue weighted by molar-refractivity contribution is -0.137. The number of aliphatic carboxylic acids is 1. The number of benzene rings is 1. The van der Waals surface area contributed by atoms with Gasteiger partial charge in [0, 0.05) is 15.5 Å². The third-order valence-electron chi connectivity index (χ3n) is 3.74. The number of ether oxygens (including phenoxy) is 1. The van der Waals surface area contributed by atoms with Gasteiger partial charge in [0.15, 0.2) is 0 Å². The fraction of sp³-hybridized carbons (Fsp3) is 0.500. The molecule has 1 aliphatic rings. The summed E-state index contributed by atoms with van der Waals surface area (Å²) in [6, 6.07) is 2.02. The first-order chi connectivity index (χ1) is 8.41. The van der Waals surface area contributed by atoms with E-state index in [2.05, 4.69) is 15.9 Å². The molecule has 98 valence electrons. The van der Waals surface area contributed by atoms with Gasteiger partial charge in [0.2, 0.25) is 0 Å². The number of rotatable bonds is 4. The van der Waals surface area contributed by atoms with E-state index in [1.54, 1.807) is 7.11 Å². The molecular weight excluding hydrogens is 296 g/mol. The zero-order chi connectivity index (χ0) is 13.5. The van der Waals surface area contributed by atoms with Gasteiger partial charge in [-0.3, -0.25) is 4.79 Å². The Morgan fingerprint density at radius 1 is 1.50 bits per heavy atom. The molecule has 1 saturated carbocycles. The SMILES string of the molecule is COc1c(C)cc(Br)c(C)c1C1(CC(=O)O)CC1. The molecule has 0 heterocycles. The van der Waals surface area contributed by atoms with E-state index in [1.807, 2.05) is 19.9 Å². The molecule has 0 radical (unpaired) electrons. The molecule has 0 bridgehead atoms. The number of methoxy groups -OCH3 is 1. The van der Waals surface area contributed by atoms with Crippen molar-refractivity contribution in [1.82, 2.24) is 0 Å². The van der Waals surface area contributed by atoms with E-state index < -0.39 is 5.97 Å². The second-order valence-electron chi connectivity index (χ2n) is 5.06. The molecule has 1 N–H and O–H groups in total. The minimum absolute atomic E-state index is 0.181. The molecule has 2 rings (SSSR count). The molecule has 0 aromatic heterocycles. The smallest absolute Gasteiger partial charge is 0.304 e. The van der Waals surface area contributed by atoms with Crippen molar-refractivity contribution in [2.24, 2.45) is 0 Å². The van der Waals surface area contributed by atoms with Crippen molar-refractivity contribution in [2.45, 2.75) is 38.5 Å². The molecule has 18 heavy (non-hydrogen) atoms. The zero-order valence-corrected chi connectivity index (χ0v) is 12.4. The van der Waals surface area contributed by atoms with Gasteiger partial charge < -0.3 is 9.84 Å². The first kappa shape index (κ1) is 13.4. The Morgan fingerprint density at radius 2 is 2.11 bits per heavy atom. The summed E-state index contributed by atoms with van der Waals surface area (Å²) in [4.78, 5) is 11.1. The molecule has 1 aliphatic carbocycles. The number of hydrogen-bond donors (Lipinski definition) is 1. The van der Waals surface area contributed by atoms with Crippen LogP contribution in [0.1, 0.15) is 36.0 Å². The van der Waals surface area contributed by atoms with Crippen LogP contribution >= 0.6 is 15.9 Å². The molecule has 3 nitrogen and oxygen atoms in total. The van der Waals surface area contributed by atoms with Gasteiger partial charge in [0.05, 0.1) is 13.5 Å². The van der Waals surface area contributed by atoms with E-state index in [-0.39, 0.29) is 11.8 Å². The van der Waals surface area contributed by atoms with Crippen LogP contribution in [0.3, 0.4) is 0 Å². The molecule has 0 atom stereocenters. The molecule has 1 fully saturated rings. The Hall–Kier alpha value is -1.03. The van der Waals surface area contributed by atoms with Crippen molar-refractivity contribution in [2.75, 3.05) is 7.11 Å². The number of carboxylic acids is 1. The van der Waals surface area contributed by atoms with Gasteiger partial charge in [-0.25, -0.2) is 0 Å². The molecular formula is C14H17BrO3. The summed E-state index contributed by atoms with van der Waals surface area (Å²) in [5.41, 5.74) is 2.98. The summed E-state index contributed by atoms with van der Waals surface area (Å²) in [6.07, 6.45) is 2.03. The van der Waals surface area contributed by atoms with Crippen molar-refractivity contribution in [3.05, 3.63) is 27.2 Å². The third kappa shape index (κ3) is 2.14. The number of carboxylic acid groups (broad SMARTS) is 1. The summed E-state index contributed by atoms with van der Waals surface area (Å²) in [7, 11) is 1.65. The maximum absolute atomic E-state index is 11.1. The first-order valence-electron chi connectivity index (χ1n) is 5.97. The van der Waals surface area contributed by atoms with Crippen LogP contribution in [-0.4, -0.2) is 18.2 Å². The van der Waals surface area contributed by atoms with Crippen molar-refractivity contribution in [3.8, 4) is 5.75 Å². The standard InChI is InChI=1S/C14H17BrO3/c1-8-6-10(15)9(2)12(13(8)18-3)14(4-5-14)7-11(16)17/h6H,4-5,7H2,1-3H3,(H,16,17). The number of carbonyl (C=O) groups is 1. The molecule has 1 aromatic rings. The Kier molecular flexibility index (Phi) is 3.41. The Balaban J connectivity index is 2.59. The summed E-state index contributed by atoms with van der Waals surface area (Å²) >= 11 is 3.54. The molecule has 0 amide bonds. The molecule has 0 unspecified atom stereocenters. The Bertz CT molecular complexity index is 504. The van der Waals surface area contributed by atoms with Crippen LogP contribution < -0.4 is 4.74 Å². The van der Waals surface area contributed by atoms with E-state index in [9.17, 15) is 4.79 Å². The number of halogens is 1. The highest BCUT2D eigenvalue weighted by molar-refractivity contribution is 9.10. The van der Waals surface area contributed by atoms with Gasteiger partial charge in [0.1, 0.15) is 5.75 Å². The Labute approximate surface area is 115 Å². The summed E-state index contributed by atoms with van der Waals surface area (Å²) in [5.74, 6) is 0.0982. The molecule has 0 aliphatic heterocycles. The fourth-order valence-electron chi connectivity index (χ4n) is 2.71. The number of aryl methyl sites for hydroxylation is 1. The van der Waals surface area contributed by atoms with Crippen molar-refractivity contribution in [1.29, 1.82) is 0 Å². The fourth-order valence-corrected chi connectivity index (χ4v) is 3.25. The Morgan fingerprint density at radius 3 is 2.56 bits per heavy atom. The van der Waals surface area contributed by atoms with Crippen molar-refractivity contribution >= 4 is 21.9 Å². The molecule has 4 heteroatoms. The summed E-state index contributed by atoms with van der Waals surface area (Å²) < 4.78 is 6.53. The maximum atomic E-state index is 11.1. The lowest BCUT2D eigenvalue weighted by Gasteiger charge is -2.22. The zero-order valence-electron chi connectivity index (χ0n) is 10.8. The lowest BCUT2D eigenvalue weighted by atomic mass is 9.86. The predicted molar refractivity (Wildman–Crippen MR) is 73.3 cm³/mol. The number of hydrogen-bond acceptors (Lipinski definition) is 2. The van der Waals surface area contributed by atoms with Crippen LogP contribution in [0, 0.1) is 13.8 Å². The summed E-state index contributed by atoms with van der Waals surface area (Å²) in [6.45, 7) is 4.01. The highest BCUT2D eigenvalue weighted by Gasteiger charge is 2.49. The van der Waals surface area contributed by atoms with E-state index in [4.69, 9.17) is 9.84 Å². The van der Waals surface area contributed by atoms with Crippen molar-refractivity contribution < 1.29 is 14.6 Å². The monoisotopic (exact) mass is 312 g/mol. The average Bonchev–Trinajstić information content (AvgIpc) is 3.02. The summed E-state index contributed by atoms with van der Waals surface area (Å²) in [5, 5.41) is 9.09. The average molecular weight is 313 g/mol. The minimum Gasteiger partial charge on any atom is -0.496 e. The van der Waals surface area contributed by atoms with Crippen molar-refractivity contribution in [3.63, 3.8) is 0 Å². The quantitative estimate of drug-likeness (QED) is 0.924. The van der Waals surface area contributed by atoms with E-state index in [0.29, 0.717) is 0 Å². The van der Waals surface area contributed by atoms with Crippen LogP contribution in [0.4, 0.5) is 0 Å². The van der Waals surface area contributed by atoms with Crippen LogP contribution in [0.15, 0.2) is 10.5 Å². The second-order valence-corrected chi connectivity index (χ2v) is 5.91. The molecule has 0 spiro atoms. The minimum atomic E-state index is -0.744. The van der Waals surface area contributed by atoms with Gasteiger partial charge in [0.25, 0.3) is 0 Å². The second kappa shape index (κ2) is 4.57. The highest BCUT2D eigenvalue weighted by atomic mass is 79.9. The van der Waals surface area contributed by atoms with Crippen LogP contribution in [0.2, 0.25) is 0 Å². The molecule has 0 saturated heterocycles. The lowest BCUT2D eigenvalue weighted by Crippen LogP contribution is -2.16. The van der Waals surface area contributed by atoms with Crippen LogP contribution in [-0.2, 0) is 10.2 Å². The van der Waals surface area contributed by atoms with Gasteiger partial charge >= 0.3 is 5.97 Å². The first-order valence-corrected chi connectivity index (χ1v) is 6.76. The van der Waals surface area contributed by atoms with E-state index in [0.717, 1.165) is 39.8 Å². The van der Waals surface area contributed by atoms with Crippen LogP contribution in [0.25, 0.3) is 0 Å². The maximum Gasteiger partial charge on any atom is 0.304 e. The predicted octanol–water partition coefficient (Wildman–Crippen LogP) is 3.58. The topological polar surface area (TPSA) is 46.5 Å². The molecule has 1 aromatic carbocycles.